The molecule has 0 aliphatic rings. The van der Waals surface area contributed by atoms with E-state index < -0.39 is 10.0 Å². The van der Waals surface area contributed by atoms with E-state index in [0.29, 0.717) is 17.1 Å². The Kier molecular flexibility index (Phi) is 4.94. The number of sulfonamides is 1. The smallest absolute Gasteiger partial charge is 0.243 e. The fourth-order valence-corrected chi connectivity index (χ4v) is 3.48. The first-order chi connectivity index (χ1) is 7.95. The highest BCUT2D eigenvalue weighted by Crippen LogP contribution is 2.25. The zero-order valence-corrected chi connectivity index (χ0v) is 11.4. The molecule has 1 rings (SSSR count). The molecule has 1 aromatic carbocycles. The van der Waals surface area contributed by atoms with E-state index in [1.54, 1.807) is 26.0 Å². The van der Waals surface area contributed by atoms with Crippen LogP contribution in [-0.2, 0) is 10.0 Å². The Morgan fingerprint density at radius 1 is 1.41 bits per heavy atom. The van der Waals surface area contributed by atoms with E-state index in [0.717, 1.165) is 0 Å². The molecule has 0 fully saturated rings. The van der Waals surface area contributed by atoms with E-state index in [9.17, 15) is 8.42 Å². The first-order valence-electron chi connectivity index (χ1n) is 5.31. The van der Waals surface area contributed by atoms with E-state index in [4.69, 9.17) is 16.7 Å². The van der Waals surface area contributed by atoms with Crippen LogP contribution in [-0.4, -0.2) is 37.5 Å². The van der Waals surface area contributed by atoms with Crippen molar-refractivity contribution in [3.63, 3.8) is 0 Å². The molecule has 0 saturated heterocycles. The van der Waals surface area contributed by atoms with Crippen molar-refractivity contribution in [2.45, 2.75) is 18.7 Å². The van der Waals surface area contributed by atoms with Gasteiger partial charge in [-0.1, -0.05) is 24.6 Å². The van der Waals surface area contributed by atoms with Gasteiger partial charge in [-0.3, -0.25) is 0 Å². The maximum absolute atomic E-state index is 12.3. The van der Waals surface area contributed by atoms with Crippen molar-refractivity contribution >= 4 is 21.6 Å². The molecular formula is C11H16ClNO3S. The third-order valence-electron chi connectivity index (χ3n) is 2.54. The predicted molar refractivity (Wildman–Crippen MR) is 67.7 cm³/mol. The van der Waals surface area contributed by atoms with Crippen molar-refractivity contribution in [1.29, 1.82) is 0 Å². The molecule has 1 N–H and O–H groups in total. The van der Waals surface area contributed by atoms with E-state index >= 15 is 0 Å². The molecule has 6 heteroatoms. The zero-order chi connectivity index (χ0) is 13.1. The number of rotatable bonds is 5. The number of hydrogen-bond donors (Lipinski definition) is 1. The molecule has 4 nitrogen and oxygen atoms in total. The van der Waals surface area contributed by atoms with Gasteiger partial charge in [0.15, 0.2) is 0 Å². The van der Waals surface area contributed by atoms with Crippen molar-refractivity contribution < 1.29 is 13.5 Å². The third kappa shape index (κ3) is 2.98. The third-order valence-corrected chi connectivity index (χ3v) is 5.07. The van der Waals surface area contributed by atoms with Crippen LogP contribution in [0.3, 0.4) is 0 Å². The van der Waals surface area contributed by atoms with Crippen LogP contribution in [0.2, 0.25) is 5.02 Å². The summed E-state index contributed by atoms with van der Waals surface area (Å²) in [5, 5.41) is 9.29. The van der Waals surface area contributed by atoms with Gasteiger partial charge in [0.25, 0.3) is 0 Å². The van der Waals surface area contributed by atoms with Crippen LogP contribution < -0.4 is 0 Å². The minimum atomic E-state index is -3.58. The molecular weight excluding hydrogens is 262 g/mol. The van der Waals surface area contributed by atoms with Crippen molar-refractivity contribution in [3.8, 4) is 0 Å². The lowest BCUT2D eigenvalue weighted by molar-refractivity contribution is 0.257. The molecule has 0 aromatic heterocycles. The van der Waals surface area contributed by atoms with E-state index in [2.05, 4.69) is 0 Å². The van der Waals surface area contributed by atoms with Crippen molar-refractivity contribution in [2.75, 3.05) is 19.7 Å². The molecule has 0 saturated carbocycles. The van der Waals surface area contributed by atoms with Crippen LogP contribution in [0.5, 0.6) is 0 Å². The maximum atomic E-state index is 12.3. The minimum Gasteiger partial charge on any atom is -0.395 e. The average Bonchev–Trinajstić information content (AvgIpc) is 2.29. The van der Waals surface area contributed by atoms with Gasteiger partial charge in [0.2, 0.25) is 10.0 Å². The van der Waals surface area contributed by atoms with Crippen molar-refractivity contribution in [3.05, 3.63) is 28.8 Å². The standard InChI is InChI=1S/C11H16ClNO3S/c1-3-13(7-8-14)17(15,16)11-6-4-5-10(12)9(11)2/h4-6,14H,3,7-8H2,1-2H3. The number of hydrogen-bond acceptors (Lipinski definition) is 3. The molecule has 0 radical (unpaired) electrons. The summed E-state index contributed by atoms with van der Waals surface area (Å²) in [6, 6.07) is 4.78. The first kappa shape index (κ1) is 14.4. The summed E-state index contributed by atoms with van der Waals surface area (Å²) >= 11 is 5.91. The number of aliphatic hydroxyl groups excluding tert-OH is 1. The van der Waals surface area contributed by atoms with Gasteiger partial charge in [-0.2, -0.15) is 4.31 Å². The van der Waals surface area contributed by atoms with Gasteiger partial charge >= 0.3 is 0 Å². The highest BCUT2D eigenvalue weighted by Gasteiger charge is 2.24. The molecule has 17 heavy (non-hydrogen) atoms. The van der Waals surface area contributed by atoms with Gasteiger partial charge in [-0.15, -0.1) is 0 Å². The normalized spacial score (nSPS) is 12.1. The summed E-state index contributed by atoms with van der Waals surface area (Å²) in [5.74, 6) is 0. The molecule has 1 aromatic rings. The van der Waals surface area contributed by atoms with Gasteiger partial charge in [0.1, 0.15) is 0 Å². The summed E-state index contributed by atoms with van der Waals surface area (Å²) < 4.78 is 25.8. The summed E-state index contributed by atoms with van der Waals surface area (Å²) in [4.78, 5) is 0.195. The molecule has 0 spiro atoms. The number of aliphatic hydroxyl groups is 1. The predicted octanol–water partition coefficient (Wildman–Crippen LogP) is 1.65. The Hall–Kier alpha value is -0.620. The largest absolute Gasteiger partial charge is 0.395 e. The Balaban J connectivity index is 3.25. The van der Waals surface area contributed by atoms with Crippen LogP contribution in [0.25, 0.3) is 0 Å². The fourth-order valence-electron chi connectivity index (χ4n) is 1.57. The number of benzene rings is 1. The van der Waals surface area contributed by atoms with Gasteiger partial charge in [-0.05, 0) is 24.6 Å². The lowest BCUT2D eigenvalue weighted by Crippen LogP contribution is -2.33. The maximum Gasteiger partial charge on any atom is 0.243 e. The Labute approximate surface area is 107 Å². The molecule has 0 aliphatic carbocycles. The fraction of sp³-hybridized carbons (Fsp3) is 0.455. The average molecular weight is 278 g/mol. The second-order valence-electron chi connectivity index (χ2n) is 3.58. The lowest BCUT2D eigenvalue weighted by atomic mass is 10.2. The molecule has 96 valence electrons. The van der Waals surface area contributed by atoms with Crippen LogP contribution in [0.1, 0.15) is 12.5 Å². The second kappa shape index (κ2) is 5.82. The number of likely N-dealkylation sites (N-methyl/N-ethyl adjacent to an activating group) is 1. The first-order valence-corrected chi connectivity index (χ1v) is 7.13. The van der Waals surface area contributed by atoms with E-state index in [1.807, 2.05) is 0 Å². The van der Waals surface area contributed by atoms with Gasteiger partial charge in [0.05, 0.1) is 11.5 Å². The molecule has 0 atom stereocenters. The summed E-state index contributed by atoms with van der Waals surface area (Å²) in [7, 11) is -3.58. The SMILES string of the molecule is CCN(CCO)S(=O)(=O)c1cccc(Cl)c1C. The summed E-state index contributed by atoms with van der Waals surface area (Å²) in [5.41, 5.74) is 0.533. The summed E-state index contributed by atoms with van der Waals surface area (Å²) in [6.07, 6.45) is 0. The van der Waals surface area contributed by atoms with Crippen LogP contribution in [0.15, 0.2) is 23.1 Å². The van der Waals surface area contributed by atoms with Crippen molar-refractivity contribution in [1.82, 2.24) is 4.31 Å². The molecule has 0 amide bonds. The van der Waals surface area contributed by atoms with Crippen LogP contribution in [0, 0.1) is 6.92 Å². The van der Waals surface area contributed by atoms with Gasteiger partial charge < -0.3 is 5.11 Å². The van der Waals surface area contributed by atoms with E-state index in [1.165, 1.54) is 10.4 Å². The lowest BCUT2D eigenvalue weighted by Gasteiger charge is -2.20. The van der Waals surface area contributed by atoms with Crippen molar-refractivity contribution in [2.24, 2.45) is 0 Å². The topological polar surface area (TPSA) is 57.6 Å². The number of nitrogens with zero attached hydrogens (tertiary/aromatic N) is 1. The van der Waals surface area contributed by atoms with Gasteiger partial charge in [0, 0.05) is 18.1 Å². The monoisotopic (exact) mass is 277 g/mol. The second-order valence-corrected chi connectivity index (χ2v) is 5.90. The molecule has 0 heterocycles. The molecule has 0 bridgehead atoms. The summed E-state index contributed by atoms with van der Waals surface area (Å²) in [6.45, 7) is 3.60. The quantitative estimate of drug-likeness (QED) is 0.890. The molecule has 0 unspecified atom stereocenters. The van der Waals surface area contributed by atoms with Gasteiger partial charge in [-0.25, -0.2) is 8.42 Å². The van der Waals surface area contributed by atoms with Crippen LogP contribution in [0.4, 0.5) is 0 Å². The Morgan fingerprint density at radius 3 is 2.59 bits per heavy atom. The Bertz CT molecular complexity index is 487. The number of halogens is 1. The molecule has 0 aliphatic heterocycles. The van der Waals surface area contributed by atoms with E-state index in [-0.39, 0.29) is 18.0 Å². The Morgan fingerprint density at radius 2 is 2.06 bits per heavy atom. The zero-order valence-electron chi connectivity index (χ0n) is 9.85. The van der Waals surface area contributed by atoms with Crippen LogP contribution >= 0.6 is 11.6 Å². The highest BCUT2D eigenvalue weighted by molar-refractivity contribution is 7.89. The highest BCUT2D eigenvalue weighted by atomic mass is 35.5. The minimum absolute atomic E-state index is 0.0881.